The van der Waals surface area contributed by atoms with Gasteiger partial charge in [-0.25, -0.2) is 9.97 Å². The molecule has 2 aromatic heterocycles. The Hall–Kier alpha value is -3.63. The number of amides is 1. The average Bonchev–Trinajstić information content (AvgIpc) is 3.40. The first kappa shape index (κ1) is 20.6. The number of nitrogens with one attached hydrogen (secondary N) is 2. The summed E-state index contributed by atoms with van der Waals surface area (Å²) in [5.74, 6) is 7.12. The number of carbonyl (C=O) groups is 1. The van der Waals surface area contributed by atoms with Crippen LogP contribution in [0.15, 0.2) is 54.9 Å². The summed E-state index contributed by atoms with van der Waals surface area (Å²) in [5.41, 5.74) is 2.49. The molecule has 1 aromatic carbocycles. The van der Waals surface area contributed by atoms with Crippen molar-refractivity contribution >= 4 is 22.8 Å². The lowest BCUT2D eigenvalue weighted by Gasteiger charge is -2.16. The van der Waals surface area contributed by atoms with Gasteiger partial charge < -0.3 is 20.1 Å². The summed E-state index contributed by atoms with van der Waals surface area (Å²) in [6.07, 6.45) is 5.98. The zero-order valence-electron chi connectivity index (χ0n) is 17.8. The number of rotatable bonds is 5. The van der Waals surface area contributed by atoms with Crippen LogP contribution >= 0.6 is 0 Å². The minimum atomic E-state index is 0.0547. The first-order chi connectivity index (χ1) is 15.1. The van der Waals surface area contributed by atoms with E-state index in [9.17, 15) is 4.79 Å². The second-order valence-corrected chi connectivity index (χ2v) is 7.86. The monoisotopic (exact) mass is 414 g/mol. The lowest BCUT2D eigenvalue weighted by atomic mass is 10.2. The molecule has 7 nitrogen and oxygen atoms in total. The van der Waals surface area contributed by atoms with Gasteiger partial charge in [-0.15, -0.1) is 0 Å². The van der Waals surface area contributed by atoms with Gasteiger partial charge in [0.1, 0.15) is 17.8 Å². The minimum Gasteiger partial charge on any atom is -0.365 e. The number of likely N-dealkylation sites (N-methyl/N-ethyl adjacent to an activating group) is 1. The van der Waals surface area contributed by atoms with Gasteiger partial charge in [-0.1, -0.05) is 30.2 Å². The third kappa shape index (κ3) is 5.30. The van der Waals surface area contributed by atoms with Gasteiger partial charge in [-0.2, -0.15) is 0 Å². The van der Waals surface area contributed by atoms with Crippen molar-refractivity contribution in [1.82, 2.24) is 24.8 Å². The fourth-order valence-corrected chi connectivity index (χ4v) is 3.52. The van der Waals surface area contributed by atoms with Crippen LogP contribution in [0, 0.1) is 11.8 Å². The molecule has 0 aliphatic carbocycles. The Morgan fingerprint density at radius 1 is 1.29 bits per heavy atom. The topological polar surface area (TPSA) is 77.2 Å². The molecule has 1 saturated heterocycles. The molecular formula is C24H26N6O. The third-order valence-electron chi connectivity index (χ3n) is 5.11. The summed E-state index contributed by atoms with van der Waals surface area (Å²) in [6, 6.07) is 12.0. The number of anilines is 1. The molecule has 0 radical (unpaired) electrons. The average molecular weight is 415 g/mol. The van der Waals surface area contributed by atoms with E-state index in [4.69, 9.17) is 0 Å². The summed E-state index contributed by atoms with van der Waals surface area (Å²) in [4.78, 5) is 28.3. The highest BCUT2D eigenvalue weighted by Gasteiger charge is 2.25. The number of aromatic amines is 1. The summed E-state index contributed by atoms with van der Waals surface area (Å²) in [5, 5.41) is 4.38. The van der Waals surface area contributed by atoms with Gasteiger partial charge in [0.25, 0.3) is 0 Å². The van der Waals surface area contributed by atoms with Crippen molar-refractivity contribution < 1.29 is 4.79 Å². The molecular weight excluding hydrogens is 388 g/mol. The van der Waals surface area contributed by atoms with Crippen LogP contribution in [0.1, 0.15) is 17.7 Å². The number of aromatic nitrogens is 3. The van der Waals surface area contributed by atoms with Crippen molar-refractivity contribution in [2.45, 2.75) is 12.5 Å². The number of H-pyrrole nitrogens is 1. The summed E-state index contributed by atoms with van der Waals surface area (Å²) in [6.45, 7) is 2.14. The molecule has 4 rings (SSSR count). The number of benzene rings is 1. The molecule has 3 heterocycles. The van der Waals surface area contributed by atoms with Gasteiger partial charge >= 0.3 is 0 Å². The highest BCUT2D eigenvalue weighted by molar-refractivity contribution is 5.89. The zero-order chi connectivity index (χ0) is 21.6. The van der Waals surface area contributed by atoms with Crippen LogP contribution in [-0.2, 0) is 4.79 Å². The number of hydrogen-bond donors (Lipinski definition) is 2. The molecule has 0 spiro atoms. The van der Waals surface area contributed by atoms with E-state index in [2.05, 4.69) is 32.1 Å². The minimum absolute atomic E-state index is 0.0547. The SMILES string of the molecule is CN(C)C/C=C/C(=O)N1CC[C@@H](Nc2ncnc3[nH]c(C#Cc4ccccc4)cc23)C1. The largest absolute Gasteiger partial charge is 0.365 e. The van der Waals surface area contributed by atoms with Crippen LogP contribution in [-0.4, -0.2) is 70.4 Å². The second-order valence-electron chi connectivity index (χ2n) is 7.86. The molecule has 1 fully saturated rings. The third-order valence-corrected chi connectivity index (χ3v) is 5.11. The number of hydrogen-bond acceptors (Lipinski definition) is 5. The molecule has 0 unspecified atom stereocenters. The van der Waals surface area contributed by atoms with E-state index in [0.717, 1.165) is 47.6 Å². The van der Waals surface area contributed by atoms with Gasteiger partial charge in [-0.05, 0) is 44.6 Å². The van der Waals surface area contributed by atoms with Crippen molar-refractivity contribution in [2.75, 3.05) is 39.0 Å². The predicted molar refractivity (Wildman–Crippen MR) is 123 cm³/mol. The lowest BCUT2D eigenvalue weighted by molar-refractivity contribution is -0.125. The summed E-state index contributed by atoms with van der Waals surface area (Å²) in [7, 11) is 3.96. The maximum absolute atomic E-state index is 12.4. The molecule has 1 aliphatic heterocycles. The highest BCUT2D eigenvalue weighted by atomic mass is 16.2. The lowest BCUT2D eigenvalue weighted by Crippen LogP contribution is -2.30. The van der Waals surface area contributed by atoms with Crippen molar-refractivity contribution in [3.05, 3.63) is 66.1 Å². The van der Waals surface area contributed by atoms with Crippen LogP contribution < -0.4 is 5.32 Å². The normalized spacial score (nSPS) is 16.1. The Labute approximate surface area is 182 Å². The van der Waals surface area contributed by atoms with E-state index in [1.807, 2.05) is 66.4 Å². The van der Waals surface area contributed by atoms with Crippen molar-refractivity contribution in [3.63, 3.8) is 0 Å². The molecule has 7 heteroatoms. The molecule has 2 N–H and O–H groups in total. The number of likely N-dealkylation sites (tertiary alicyclic amines) is 1. The predicted octanol–water partition coefficient (Wildman–Crippen LogP) is 2.49. The first-order valence-electron chi connectivity index (χ1n) is 10.4. The van der Waals surface area contributed by atoms with E-state index in [1.165, 1.54) is 6.33 Å². The van der Waals surface area contributed by atoms with E-state index in [1.54, 1.807) is 6.08 Å². The Morgan fingerprint density at radius 2 is 2.13 bits per heavy atom. The van der Waals surface area contributed by atoms with Gasteiger partial charge in [0.2, 0.25) is 5.91 Å². The summed E-state index contributed by atoms with van der Waals surface area (Å²) < 4.78 is 0. The fraction of sp³-hybridized carbons (Fsp3) is 0.292. The van der Waals surface area contributed by atoms with Crippen LogP contribution in [0.2, 0.25) is 0 Å². The molecule has 0 saturated carbocycles. The van der Waals surface area contributed by atoms with E-state index < -0.39 is 0 Å². The van der Waals surface area contributed by atoms with E-state index >= 15 is 0 Å². The Kier molecular flexibility index (Phi) is 6.29. The Morgan fingerprint density at radius 3 is 2.94 bits per heavy atom. The summed E-state index contributed by atoms with van der Waals surface area (Å²) >= 11 is 0. The van der Waals surface area contributed by atoms with Crippen molar-refractivity contribution in [1.29, 1.82) is 0 Å². The molecule has 31 heavy (non-hydrogen) atoms. The Bertz CT molecular complexity index is 1140. The molecule has 0 bridgehead atoms. The smallest absolute Gasteiger partial charge is 0.246 e. The number of nitrogens with zero attached hydrogens (tertiary/aromatic N) is 4. The first-order valence-corrected chi connectivity index (χ1v) is 10.4. The van der Waals surface area contributed by atoms with Gasteiger partial charge in [0.05, 0.1) is 11.1 Å². The van der Waals surface area contributed by atoms with Gasteiger partial charge in [-0.3, -0.25) is 4.79 Å². The second kappa shape index (κ2) is 9.45. The van der Waals surface area contributed by atoms with Gasteiger partial charge in [0.15, 0.2) is 0 Å². The van der Waals surface area contributed by atoms with Crippen molar-refractivity contribution in [3.8, 4) is 11.8 Å². The van der Waals surface area contributed by atoms with Crippen LogP contribution in [0.4, 0.5) is 5.82 Å². The number of carbonyl (C=O) groups excluding carboxylic acids is 1. The van der Waals surface area contributed by atoms with E-state index in [0.29, 0.717) is 6.54 Å². The van der Waals surface area contributed by atoms with Gasteiger partial charge in [0, 0.05) is 37.3 Å². The highest BCUT2D eigenvalue weighted by Crippen LogP contribution is 2.23. The molecule has 1 atom stereocenters. The molecule has 1 aliphatic rings. The molecule has 3 aromatic rings. The molecule has 158 valence electrons. The fourth-order valence-electron chi connectivity index (χ4n) is 3.52. The zero-order valence-corrected chi connectivity index (χ0v) is 17.8. The number of fused-ring (bicyclic) bond motifs is 1. The van der Waals surface area contributed by atoms with E-state index in [-0.39, 0.29) is 11.9 Å². The molecule has 1 amide bonds. The Balaban J connectivity index is 1.43. The standard InChI is InChI=1S/C24H26N6O/c1-29(2)13-6-9-22(31)30-14-12-20(16-30)28-24-21-15-19(27-23(21)25-17-26-24)11-10-18-7-4-3-5-8-18/h3-9,15,17,20H,12-14,16H2,1-2H3,(H2,25,26,27,28)/b9-6+/t20-/m1/s1. The van der Waals surface area contributed by atoms with Crippen LogP contribution in [0.3, 0.4) is 0 Å². The maximum Gasteiger partial charge on any atom is 0.246 e. The quantitative estimate of drug-likeness (QED) is 0.496. The van der Waals surface area contributed by atoms with Crippen LogP contribution in [0.5, 0.6) is 0 Å². The maximum atomic E-state index is 12.4. The van der Waals surface area contributed by atoms with Crippen molar-refractivity contribution in [2.24, 2.45) is 0 Å². The van der Waals surface area contributed by atoms with Crippen LogP contribution in [0.25, 0.3) is 11.0 Å².